The molecule has 0 aliphatic heterocycles. The molecule has 0 amide bonds. The van der Waals surface area contributed by atoms with E-state index >= 15 is 0 Å². The first kappa shape index (κ1) is 23.2. The van der Waals surface area contributed by atoms with E-state index in [0.29, 0.717) is 11.4 Å². The van der Waals surface area contributed by atoms with E-state index in [2.05, 4.69) is 9.97 Å². The minimum absolute atomic E-state index is 0.00342. The molecule has 0 atom stereocenters. The molecule has 170 valence electrons. The van der Waals surface area contributed by atoms with E-state index < -0.39 is 23.6 Å². The predicted molar refractivity (Wildman–Crippen MR) is 125 cm³/mol. The van der Waals surface area contributed by atoms with Crippen LogP contribution in [0.25, 0.3) is 28.1 Å². The maximum Gasteiger partial charge on any atom is 0.337 e. The molecule has 4 aromatic rings. The summed E-state index contributed by atoms with van der Waals surface area (Å²) in [7, 11) is 1.44. The normalized spacial score (nSPS) is 10.7. The van der Waals surface area contributed by atoms with Crippen LogP contribution in [0.4, 0.5) is 4.39 Å². The number of nitriles is 1. The molecule has 0 N–H and O–H groups in total. The van der Waals surface area contributed by atoms with E-state index in [-0.39, 0.29) is 32.6 Å². The van der Waals surface area contributed by atoms with Crippen molar-refractivity contribution in [1.82, 2.24) is 19.1 Å². The molecule has 3 heterocycles. The molecule has 0 aliphatic rings. The van der Waals surface area contributed by atoms with Gasteiger partial charge in [-0.05, 0) is 29.8 Å². The Kier molecular flexibility index (Phi) is 6.45. The molecule has 0 aliphatic carbocycles. The van der Waals surface area contributed by atoms with Gasteiger partial charge in [-0.25, -0.2) is 18.7 Å². The Morgan fingerprint density at radius 1 is 1.09 bits per heavy atom. The second kappa shape index (κ2) is 9.47. The van der Waals surface area contributed by atoms with Gasteiger partial charge in [-0.1, -0.05) is 29.3 Å². The lowest BCUT2D eigenvalue weighted by Crippen LogP contribution is -2.40. The topological polar surface area (TPSA) is 103 Å². The molecule has 11 heteroatoms. The Labute approximate surface area is 202 Å². The van der Waals surface area contributed by atoms with Gasteiger partial charge in [-0.3, -0.25) is 14.3 Å². The summed E-state index contributed by atoms with van der Waals surface area (Å²) in [6, 6.07) is 10.2. The fraction of sp³-hybridized carbons (Fsp3) is 0.0870. The molecule has 0 spiro atoms. The summed E-state index contributed by atoms with van der Waals surface area (Å²) >= 11 is 12.0. The lowest BCUT2D eigenvalue weighted by atomic mass is 10.0. The zero-order chi connectivity index (χ0) is 24.4. The van der Waals surface area contributed by atoms with Gasteiger partial charge in [0.1, 0.15) is 12.4 Å². The van der Waals surface area contributed by atoms with Gasteiger partial charge < -0.3 is 4.74 Å². The molecule has 4 rings (SSSR count). The van der Waals surface area contributed by atoms with Crippen LogP contribution in [0.5, 0.6) is 5.88 Å². The van der Waals surface area contributed by atoms with E-state index in [1.54, 1.807) is 12.1 Å². The molecule has 0 radical (unpaired) electrons. The van der Waals surface area contributed by atoms with Crippen LogP contribution in [0.3, 0.4) is 0 Å². The Morgan fingerprint density at radius 3 is 2.47 bits per heavy atom. The van der Waals surface area contributed by atoms with Crippen LogP contribution in [0.2, 0.25) is 10.0 Å². The highest BCUT2D eigenvalue weighted by atomic mass is 35.5. The molecule has 34 heavy (non-hydrogen) atoms. The van der Waals surface area contributed by atoms with Crippen molar-refractivity contribution < 1.29 is 9.13 Å². The third-order valence-electron chi connectivity index (χ3n) is 4.95. The van der Waals surface area contributed by atoms with Crippen LogP contribution < -0.4 is 16.0 Å². The number of methoxy groups -OCH3 is 1. The largest absolute Gasteiger partial charge is 0.481 e. The summed E-state index contributed by atoms with van der Waals surface area (Å²) in [6.45, 7) is -0.392. The van der Waals surface area contributed by atoms with Crippen LogP contribution in [0.15, 0.2) is 64.6 Å². The number of aromatic nitrogens is 4. The van der Waals surface area contributed by atoms with E-state index in [4.69, 9.17) is 27.9 Å². The van der Waals surface area contributed by atoms with Gasteiger partial charge in [0.25, 0.3) is 5.56 Å². The van der Waals surface area contributed by atoms with Crippen LogP contribution in [-0.2, 0) is 6.54 Å². The molecular weight excluding hydrogens is 484 g/mol. The zero-order valence-electron chi connectivity index (χ0n) is 17.5. The smallest absolute Gasteiger partial charge is 0.337 e. The maximum atomic E-state index is 13.9. The number of halogens is 3. The molecule has 0 fully saturated rings. The van der Waals surface area contributed by atoms with E-state index in [1.165, 1.54) is 43.9 Å². The monoisotopic (exact) mass is 497 g/mol. The standard InChI is InChI=1S/C23H14Cl2FN5O3/c1-34-19-5-3-14(10-29-19)21-20(13-2-4-18(26)17(25)8-13)22(32)31(23(33)30(21)7-6-27)16-9-15(24)11-28-12-16/h2-5,8-12H,7H2,1H3. The maximum absolute atomic E-state index is 13.9. The Balaban J connectivity index is 2.18. The highest BCUT2D eigenvalue weighted by Crippen LogP contribution is 2.31. The van der Waals surface area contributed by atoms with Crippen molar-refractivity contribution in [2.45, 2.75) is 6.54 Å². The fourth-order valence-corrected chi connectivity index (χ4v) is 3.82. The highest BCUT2D eigenvalue weighted by Gasteiger charge is 2.24. The Bertz CT molecular complexity index is 1560. The van der Waals surface area contributed by atoms with Crippen molar-refractivity contribution in [1.29, 1.82) is 5.26 Å². The summed E-state index contributed by atoms with van der Waals surface area (Å²) in [5, 5.41) is 9.46. The molecular formula is C23H14Cl2FN5O3. The summed E-state index contributed by atoms with van der Waals surface area (Å²) in [5.74, 6) is -0.370. The molecule has 0 unspecified atom stereocenters. The number of ether oxygens (including phenoxy) is 1. The number of hydrogen-bond acceptors (Lipinski definition) is 6. The third kappa shape index (κ3) is 4.17. The van der Waals surface area contributed by atoms with E-state index in [1.807, 2.05) is 6.07 Å². The second-order valence-electron chi connectivity index (χ2n) is 6.97. The first-order valence-corrected chi connectivity index (χ1v) is 10.4. The van der Waals surface area contributed by atoms with E-state index in [0.717, 1.165) is 15.2 Å². The van der Waals surface area contributed by atoms with Gasteiger partial charge in [-0.15, -0.1) is 0 Å². The zero-order valence-corrected chi connectivity index (χ0v) is 19.0. The summed E-state index contributed by atoms with van der Waals surface area (Å²) < 4.78 is 21.0. The quantitative estimate of drug-likeness (QED) is 0.411. The molecule has 1 aromatic carbocycles. The van der Waals surface area contributed by atoms with Crippen LogP contribution >= 0.6 is 23.2 Å². The van der Waals surface area contributed by atoms with E-state index in [9.17, 15) is 19.2 Å². The summed E-state index contributed by atoms with van der Waals surface area (Å²) in [6.07, 6.45) is 4.05. The highest BCUT2D eigenvalue weighted by molar-refractivity contribution is 6.31. The van der Waals surface area contributed by atoms with Crippen molar-refractivity contribution in [3.05, 3.63) is 91.7 Å². The van der Waals surface area contributed by atoms with Crippen LogP contribution in [-0.4, -0.2) is 26.2 Å². The van der Waals surface area contributed by atoms with Crippen LogP contribution in [0.1, 0.15) is 0 Å². The minimum atomic E-state index is -0.793. The van der Waals surface area contributed by atoms with Crippen molar-refractivity contribution in [3.8, 4) is 40.0 Å². The Morgan fingerprint density at radius 2 is 1.85 bits per heavy atom. The molecule has 8 nitrogen and oxygen atoms in total. The van der Waals surface area contributed by atoms with Crippen molar-refractivity contribution in [2.75, 3.05) is 7.11 Å². The molecule has 3 aromatic heterocycles. The van der Waals surface area contributed by atoms with Gasteiger partial charge in [0, 0.05) is 24.0 Å². The first-order valence-electron chi connectivity index (χ1n) is 9.69. The molecule has 0 saturated heterocycles. The molecule has 0 bridgehead atoms. The number of nitrogens with zero attached hydrogens (tertiary/aromatic N) is 5. The van der Waals surface area contributed by atoms with Gasteiger partial charge in [0.2, 0.25) is 5.88 Å². The fourth-order valence-electron chi connectivity index (χ4n) is 3.47. The number of hydrogen-bond donors (Lipinski definition) is 0. The number of benzene rings is 1. The van der Waals surface area contributed by atoms with Gasteiger partial charge in [0.05, 0.1) is 46.4 Å². The average molecular weight is 498 g/mol. The SMILES string of the molecule is COc1ccc(-c2c(-c3ccc(F)c(Cl)c3)c(=O)n(-c3cncc(Cl)c3)c(=O)n2CC#N)cn1. The van der Waals surface area contributed by atoms with Gasteiger partial charge in [-0.2, -0.15) is 5.26 Å². The van der Waals surface area contributed by atoms with Gasteiger partial charge in [0.15, 0.2) is 0 Å². The predicted octanol–water partition coefficient (Wildman–Crippen LogP) is 4.10. The number of rotatable bonds is 5. The first-order chi connectivity index (χ1) is 16.3. The molecule has 0 saturated carbocycles. The van der Waals surface area contributed by atoms with Crippen molar-refractivity contribution in [3.63, 3.8) is 0 Å². The summed E-state index contributed by atoms with van der Waals surface area (Å²) in [4.78, 5) is 35.4. The van der Waals surface area contributed by atoms with Crippen molar-refractivity contribution in [2.24, 2.45) is 0 Å². The summed E-state index contributed by atoms with van der Waals surface area (Å²) in [5.41, 5.74) is -0.725. The Hall–Kier alpha value is -4.00. The number of pyridine rings is 2. The van der Waals surface area contributed by atoms with Crippen LogP contribution in [0, 0.1) is 17.1 Å². The van der Waals surface area contributed by atoms with Crippen molar-refractivity contribution >= 4 is 23.2 Å². The second-order valence-corrected chi connectivity index (χ2v) is 7.81. The van der Waals surface area contributed by atoms with Gasteiger partial charge >= 0.3 is 5.69 Å². The lowest BCUT2D eigenvalue weighted by molar-refractivity contribution is 0.398. The third-order valence-corrected chi connectivity index (χ3v) is 5.45. The average Bonchev–Trinajstić information content (AvgIpc) is 2.83. The minimum Gasteiger partial charge on any atom is -0.481 e. The lowest BCUT2D eigenvalue weighted by Gasteiger charge is -2.18.